The molecule has 0 radical (unpaired) electrons. The second-order valence-electron chi connectivity index (χ2n) is 4.63. The smallest absolute Gasteiger partial charge is 0.257 e. The van der Waals surface area contributed by atoms with Crippen LogP contribution in [0.4, 0.5) is 4.39 Å². The predicted molar refractivity (Wildman–Crippen MR) is 68.1 cm³/mol. The molecule has 0 aliphatic carbocycles. The van der Waals surface area contributed by atoms with E-state index in [0.717, 1.165) is 12.6 Å². The quantitative estimate of drug-likeness (QED) is 0.879. The summed E-state index contributed by atoms with van der Waals surface area (Å²) in [4.78, 5) is 17.6. The number of halogens is 1. The lowest BCUT2D eigenvalue weighted by atomic mass is 9.98. The minimum atomic E-state index is -0.600. The van der Waals surface area contributed by atoms with Gasteiger partial charge in [0.15, 0.2) is 5.82 Å². The van der Waals surface area contributed by atoms with Gasteiger partial charge in [-0.25, -0.2) is 4.39 Å². The lowest BCUT2D eigenvalue weighted by Gasteiger charge is -2.38. The van der Waals surface area contributed by atoms with Crippen LogP contribution in [-0.2, 0) is 4.74 Å². The third-order valence-corrected chi connectivity index (χ3v) is 3.54. The number of amides is 1. The Morgan fingerprint density at radius 2 is 2.47 bits per heavy atom. The van der Waals surface area contributed by atoms with Crippen molar-refractivity contribution in [3.63, 3.8) is 0 Å². The number of methoxy groups -OCH3 is 1. The lowest BCUT2D eigenvalue weighted by Crippen LogP contribution is -2.51. The largest absolute Gasteiger partial charge is 0.381 e. The number of hydrogen-bond acceptors (Lipinski definition) is 4. The van der Waals surface area contributed by atoms with Crippen molar-refractivity contribution in [2.75, 3.05) is 20.2 Å². The number of nitrogens with zero attached hydrogens (tertiary/aromatic N) is 2. The highest BCUT2D eigenvalue weighted by molar-refractivity contribution is 5.94. The van der Waals surface area contributed by atoms with E-state index in [-0.39, 0.29) is 23.6 Å². The normalized spacial score (nSPS) is 23.4. The molecule has 2 N–H and O–H groups in total. The number of ether oxygens (including phenoxy) is 1. The van der Waals surface area contributed by atoms with Gasteiger partial charge in [0.2, 0.25) is 0 Å². The zero-order valence-corrected chi connectivity index (χ0v) is 10.9. The molecule has 0 aromatic carbocycles. The Labute approximate surface area is 111 Å². The molecule has 19 heavy (non-hydrogen) atoms. The summed E-state index contributed by atoms with van der Waals surface area (Å²) in [5, 5.41) is 0. The first-order chi connectivity index (χ1) is 9.17. The van der Waals surface area contributed by atoms with Crippen LogP contribution in [0.15, 0.2) is 18.5 Å². The fourth-order valence-corrected chi connectivity index (χ4v) is 2.42. The lowest BCUT2D eigenvalue weighted by molar-refractivity contribution is 0.0137. The maximum atomic E-state index is 13.6. The molecule has 0 saturated carbocycles. The molecule has 1 amide bonds. The molecule has 6 heteroatoms. The first kappa shape index (κ1) is 13.9. The molecule has 1 aliphatic rings. The molecule has 0 bridgehead atoms. The number of carbonyl (C=O) groups is 1. The number of piperidine rings is 1. The fourth-order valence-electron chi connectivity index (χ4n) is 2.42. The maximum absolute atomic E-state index is 13.6. The summed E-state index contributed by atoms with van der Waals surface area (Å²) in [6.45, 7) is 0.874. The van der Waals surface area contributed by atoms with E-state index < -0.39 is 5.82 Å². The Kier molecular flexibility index (Phi) is 4.44. The second kappa shape index (κ2) is 6.08. The Morgan fingerprint density at radius 3 is 3.11 bits per heavy atom. The van der Waals surface area contributed by atoms with Crippen molar-refractivity contribution < 1.29 is 13.9 Å². The van der Waals surface area contributed by atoms with Crippen LogP contribution in [0.2, 0.25) is 0 Å². The summed E-state index contributed by atoms with van der Waals surface area (Å²) in [6.07, 6.45) is 4.00. The highest BCUT2D eigenvalue weighted by atomic mass is 19.1. The van der Waals surface area contributed by atoms with Gasteiger partial charge in [-0.3, -0.25) is 9.78 Å². The number of carbonyl (C=O) groups excluding carboxylic acids is 1. The van der Waals surface area contributed by atoms with Crippen molar-refractivity contribution in [3.05, 3.63) is 29.8 Å². The Bertz CT molecular complexity index is 455. The molecule has 2 heterocycles. The molecular weight excluding hydrogens is 249 g/mol. The van der Waals surface area contributed by atoms with Crippen molar-refractivity contribution in [3.8, 4) is 0 Å². The predicted octanol–water partition coefficient (Wildman–Crippen LogP) is 0.799. The molecule has 104 valence electrons. The second-order valence-corrected chi connectivity index (χ2v) is 4.63. The van der Waals surface area contributed by atoms with Crippen LogP contribution in [0, 0.1) is 5.82 Å². The monoisotopic (exact) mass is 267 g/mol. The minimum Gasteiger partial charge on any atom is -0.381 e. The SMILES string of the molecule is COC1CCN(C(=O)c2ccncc2F)C(CN)C1. The topological polar surface area (TPSA) is 68.5 Å². The first-order valence-corrected chi connectivity index (χ1v) is 6.30. The summed E-state index contributed by atoms with van der Waals surface area (Å²) >= 11 is 0. The summed E-state index contributed by atoms with van der Waals surface area (Å²) in [6, 6.07) is 1.28. The summed E-state index contributed by atoms with van der Waals surface area (Å²) in [5.74, 6) is -0.929. The van der Waals surface area contributed by atoms with Crippen LogP contribution in [0.5, 0.6) is 0 Å². The van der Waals surface area contributed by atoms with Gasteiger partial charge in [-0.05, 0) is 18.9 Å². The molecule has 1 aromatic rings. The van der Waals surface area contributed by atoms with Gasteiger partial charge in [-0.15, -0.1) is 0 Å². The number of aromatic nitrogens is 1. The average molecular weight is 267 g/mol. The number of rotatable bonds is 3. The van der Waals surface area contributed by atoms with E-state index in [4.69, 9.17) is 10.5 Å². The standard InChI is InChI=1S/C13H18FN3O2/c1-19-10-3-5-17(9(6-10)7-15)13(18)11-2-4-16-8-12(11)14/h2,4,8-10H,3,5-7,15H2,1H3. The van der Waals surface area contributed by atoms with Gasteiger partial charge in [0, 0.05) is 32.4 Å². The average Bonchev–Trinajstić information content (AvgIpc) is 2.46. The highest BCUT2D eigenvalue weighted by Gasteiger charge is 2.32. The molecule has 1 aliphatic heterocycles. The minimum absolute atomic E-state index is 0.0457. The maximum Gasteiger partial charge on any atom is 0.257 e. The van der Waals surface area contributed by atoms with Crippen LogP contribution >= 0.6 is 0 Å². The number of hydrogen-bond donors (Lipinski definition) is 1. The molecule has 2 atom stereocenters. The van der Waals surface area contributed by atoms with E-state index in [1.54, 1.807) is 12.0 Å². The third-order valence-electron chi connectivity index (χ3n) is 3.54. The Morgan fingerprint density at radius 1 is 1.68 bits per heavy atom. The van der Waals surface area contributed by atoms with Gasteiger partial charge in [0.1, 0.15) is 0 Å². The van der Waals surface area contributed by atoms with Gasteiger partial charge in [0.05, 0.1) is 17.9 Å². The summed E-state index contributed by atoms with van der Waals surface area (Å²) in [7, 11) is 1.65. The van der Waals surface area contributed by atoms with Gasteiger partial charge >= 0.3 is 0 Å². The molecule has 2 unspecified atom stereocenters. The van der Waals surface area contributed by atoms with Crippen LogP contribution in [0.25, 0.3) is 0 Å². The molecule has 1 fully saturated rings. The first-order valence-electron chi connectivity index (χ1n) is 6.30. The number of pyridine rings is 1. The highest BCUT2D eigenvalue weighted by Crippen LogP contribution is 2.22. The molecule has 0 spiro atoms. The van der Waals surface area contributed by atoms with E-state index in [1.165, 1.54) is 12.3 Å². The molecule has 5 nitrogen and oxygen atoms in total. The van der Waals surface area contributed by atoms with Crippen LogP contribution in [0.3, 0.4) is 0 Å². The van der Waals surface area contributed by atoms with Crippen molar-refractivity contribution in [1.82, 2.24) is 9.88 Å². The Balaban J connectivity index is 2.17. The van der Waals surface area contributed by atoms with Crippen LogP contribution in [-0.4, -0.2) is 48.1 Å². The van der Waals surface area contributed by atoms with E-state index in [0.29, 0.717) is 19.5 Å². The van der Waals surface area contributed by atoms with Gasteiger partial charge in [-0.1, -0.05) is 0 Å². The van der Waals surface area contributed by atoms with Crippen LogP contribution < -0.4 is 5.73 Å². The fraction of sp³-hybridized carbons (Fsp3) is 0.538. The zero-order valence-electron chi connectivity index (χ0n) is 10.9. The molecule has 1 aromatic heterocycles. The van der Waals surface area contributed by atoms with Gasteiger partial charge in [0.25, 0.3) is 5.91 Å². The van der Waals surface area contributed by atoms with Crippen molar-refractivity contribution in [2.24, 2.45) is 5.73 Å². The van der Waals surface area contributed by atoms with E-state index in [1.807, 2.05) is 0 Å². The van der Waals surface area contributed by atoms with Gasteiger partial charge < -0.3 is 15.4 Å². The van der Waals surface area contributed by atoms with Crippen molar-refractivity contribution in [1.29, 1.82) is 0 Å². The van der Waals surface area contributed by atoms with Gasteiger partial charge in [-0.2, -0.15) is 0 Å². The van der Waals surface area contributed by atoms with Crippen molar-refractivity contribution >= 4 is 5.91 Å². The molecule has 2 rings (SSSR count). The zero-order chi connectivity index (χ0) is 13.8. The number of likely N-dealkylation sites (tertiary alicyclic amines) is 1. The summed E-state index contributed by atoms with van der Waals surface area (Å²) in [5.41, 5.74) is 5.75. The van der Waals surface area contributed by atoms with E-state index in [9.17, 15) is 9.18 Å². The Hall–Kier alpha value is -1.53. The molecule has 1 saturated heterocycles. The van der Waals surface area contributed by atoms with Crippen LogP contribution in [0.1, 0.15) is 23.2 Å². The van der Waals surface area contributed by atoms with E-state index in [2.05, 4.69) is 4.98 Å². The van der Waals surface area contributed by atoms with E-state index >= 15 is 0 Å². The number of nitrogens with two attached hydrogens (primary N) is 1. The molecular formula is C13H18FN3O2. The third kappa shape index (κ3) is 2.90. The van der Waals surface area contributed by atoms with Crippen molar-refractivity contribution in [2.45, 2.75) is 25.0 Å². The summed E-state index contributed by atoms with van der Waals surface area (Å²) < 4.78 is 18.9.